The molecule has 114 valence electrons. The van der Waals surface area contributed by atoms with Crippen LogP contribution in [0.5, 0.6) is 0 Å². The van der Waals surface area contributed by atoms with Crippen molar-refractivity contribution in [2.75, 3.05) is 47.4 Å². The number of likely N-dealkylation sites (N-methyl/N-ethyl adjacent to an activating group) is 2. The van der Waals surface area contributed by atoms with Gasteiger partial charge in [0.05, 0.1) is 18.3 Å². The second-order valence-corrected chi connectivity index (χ2v) is 6.51. The van der Waals surface area contributed by atoms with Crippen molar-refractivity contribution in [1.29, 1.82) is 0 Å². The Morgan fingerprint density at radius 1 is 1.40 bits per heavy atom. The topological polar surface area (TPSA) is 40.6 Å². The molecule has 2 rings (SSSR count). The monoisotopic (exact) mass is 298 g/mol. The minimum atomic E-state index is 0.407. The third-order valence-corrected chi connectivity index (χ3v) is 4.95. The van der Waals surface area contributed by atoms with Crippen molar-refractivity contribution in [1.82, 2.24) is 20.1 Å². The first-order chi connectivity index (χ1) is 9.65. The van der Waals surface area contributed by atoms with Crippen molar-refractivity contribution >= 4 is 11.3 Å². The number of nitrogens with zero attached hydrogens (tertiary/aromatic N) is 3. The van der Waals surface area contributed by atoms with Crippen molar-refractivity contribution < 1.29 is 4.74 Å². The van der Waals surface area contributed by atoms with Crippen molar-refractivity contribution in [3.05, 3.63) is 15.6 Å². The van der Waals surface area contributed by atoms with Gasteiger partial charge in [0.2, 0.25) is 0 Å². The third kappa shape index (κ3) is 3.77. The van der Waals surface area contributed by atoms with Crippen LogP contribution in [0.15, 0.2) is 0 Å². The fourth-order valence-corrected chi connectivity index (χ4v) is 3.64. The van der Waals surface area contributed by atoms with Crippen LogP contribution in [0.2, 0.25) is 0 Å². The van der Waals surface area contributed by atoms with Crippen molar-refractivity contribution in [2.24, 2.45) is 0 Å². The Morgan fingerprint density at radius 2 is 2.20 bits per heavy atom. The average Bonchev–Trinajstić information content (AvgIpc) is 2.82. The highest BCUT2D eigenvalue weighted by Crippen LogP contribution is 2.29. The number of thiazole rings is 1. The van der Waals surface area contributed by atoms with E-state index in [9.17, 15) is 0 Å². The van der Waals surface area contributed by atoms with E-state index < -0.39 is 0 Å². The maximum atomic E-state index is 5.29. The molecule has 0 amide bonds. The van der Waals surface area contributed by atoms with Crippen LogP contribution in [0.4, 0.5) is 0 Å². The first-order valence-electron chi connectivity index (χ1n) is 7.22. The van der Waals surface area contributed by atoms with E-state index in [4.69, 9.17) is 9.72 Å². The fraction of sp³-hybridized carbons (Fsp3) is 0.786. The number of ether oxygens (including phenoxy) is 1. The zero-order valence-electron chi connectivity index (χ0n) is 13.0. The minimum Gasteiger partial charge on any atom is -0.378 e. The van der Waals surface area contributed by atoms with E-state index in [1.165, 1.54) is 9.88 Å². The number of piperazine rings is 1. The molecule has 0 aromatic carbocycles. The van der Waals surface area contributed by atoms with Crippen molar-refractivity contribution in [3.8, 4) is 0 Å². The maximum Gasteiger partial charge on any atom is 0.112 e. The van der Waals surface area contributed by atoms with Gasteiger partial charge in [-0.05, 0) is 20.6 Å². The van der Waals surface area contributed by atoms with Gasteiger partial charge in [-0.25, -0.2) is 4.98 Å². The smallest absolute Gasteiger partial charge is 0.112 e. The lowest BCUT2D eigenvalue weighted by Crippen LogP contribution is -2.44. The van der Waals surface area contributed by atoms with Gasteiger partial charge in [-0.3, -0.25) is 4.90 Å². The van der Waals surface area contributed by atoms with Gasteiger partial charge in [-0.2, -0.15) is 0 Å². The van der Waals surface area contributed by atoms with Crippen LogP contribution in [-0.2, 0) is 17.9 Å². The van der Waals surface area contributed by atoms with Crippen LogP contribution in [0, 0.1) is 0 Å². The molecule has 6 heteroatoms. The molecule has 0 spiro atoms. The summed E-state index contributed by atoms with van der Waals surface area (Å²) in [6.45, 7) is 7.88. The SMILES string of the molecule is CCNCc1sc(C2CN(C)CCN2C)nc1COC. The van der Waals surface area contributed by atoms with Crippen molar-refractivity contribution in [3.63, 3.8) is 0 Å². The molecular weight excluding hydrogens is 272 g/mol. The predicted octanol–water partition coefficient (Wildman–Crippen LogP) is 1.32. The summed E-state index contributed by atoms with van der Waals surface area (Å²) < 4.78 is 5.29. The van der Waals surface area contributed by atoms with Gasteiger partial charge in [0.1, 0.15) is 5.01 Å². The standard InChI is InChI=1S/C14H26N4OS/c1-5-15-8-13-11(10-19-4)16-14(20-13)12-9-17(2)6-7-18(12)3/h12,15H,5-10H2,1-4H3. The van der Waals surface area contributed by atoms with E-state index in [2.05, 4.69) is 36.1 Å². The zero-order chi connectivity index (χ0) is 14.5. The highest BCUT2D eigenvalue weighted by molar-refractivity contribution is 7.11. The highest BCUT2D eigenvalue weighted by Gasteiger charge is 2.27. The molecular formula is C14H26N4OS. The van der Waals surface area contributed by atoms with Crippen LogP contribution < -0.4 is 5.32 Å². The molecule has 1 aliphatic rings. The number of hydrogen-bond acceptors (Lipinski definition) is 6. The molecule has 0 bridgehead atoms. The van der Waals surface area contributed by atoms with Crippen LogP contribution in [0.1, 0.15) is 28.5 Å². The molecule has 1 fully saturated rings. The normalized spacial score (nSPS) is 21.5. The molecule has 1 aromatic rings. The van der Waals surface area contributed by atoms with Crippen LogP contribution >= 0.6 is 11.3 Å². The maximum absolute atomic E-state index is 5.29. The third-order valence-electron chi connectivity index (χ3n) is 3.75. The van der Waals surface area contributed by atoms with Crippen LogP contribution in [0.25, 0.3) is 0 Å². The van der Waals surface area contributed by atoms with E-state index in [-0.39, 0.29) is 0 Å². The summed E-state index contributed by atoms with van der Waals surface area (Å²) >= 11 is 1.83. The first kappa shape index (κ1) is 15.9. The number of hydrogen-bond donors (Lipinski definition) is 1. The van der Waals surface area contributed by atoms with Gasteiger partial charge in [0, 0.05) is 38.2 Å². The molecule has 0 radical (unpaired) electrons. The largest absolute Gasteiger partial charge is 0.378 e. The quantitative estimate of drug-likeness (QED) is 0.858. The summed E-state index contributed by atoms with van der Waals surface area (Å²) in [6, 6.07) is 0.407. The molecule has 2 heterocycles. The predicted molar refractivity (Wildman–Crippen MR) is 83.1 cm³/mol. The lowest BCUT2D eigenvalue weighted by Gasteiger charge is -2.36. The Labute approximate surface area is 125 Å². The molecule has 1 N–H and O–H groups in total. The van der Waals surface area contributed by atoms with Crippen LogP contribution in [-0.4, -0.2) is 62.2 Å². The summed E-state index contributed by atoms with van der Waals surface area (Å²) in [5.41, 5.74) is 1.09. The molecule has 0 saturated carbocycles. The number of nitrogens with one attached hydrogen (secondary N) is 1. The van der Waals surface area contributed by atoms with Gasteiger partial charge in [-0.15, -0.1) is 11.3 Å². The van der Waals surface area contributed by atoms with Gasteiger partial charge in [0.15, 0.2) is 0 Å². The van der Waals surface area contributed by atoms with Gasteiger partial charge in [-0.1, -0.05) is 6.92 Å². The van der Waals surface area contributed by atoms with Gasteiger partial charge >= 0.3 is 0 Å². The first-order valence-corrected chi connectivity index (χ1v) is 8.04. The fourth-order valence-electron chi connectivity index (χ4n) is 2.45. The highest BCUT2D eigenvalue weighted by atomic mass is 32.1. The number of rotatable bonds is 6. The van der Waals surface area contributed by atoms with E-state index in [1.54, 1.807) is 7.11 Å². The minimum absolute atomic E-state index is 0.407. The molecule has 20 heavy (non-hydrogen) atoms. The Balaban J connectivity index is 2.17. The second-order valence-electron chi connectivity index (χ2n) is 5.39. The van der Waals surface area contributed by atoms with Gasteiger partial charge < -0.3 is 15.0 Å². The van der Waals surface area contributed by atoms with Gasteiger partial charge in [0.25, 0.3) is 0 Å². The summed E-state index contributed by atoms with van der Waals surface area (Å²) in [4.78, 5) is 10.9. The van der Waals surface area contributed by atoms with E-state index in [1.807, 2.05) is 11.3 Å². The summed E-state index contributed by atoms with van der Waals surface area (Å²) in [7, 11) is 6.11. The van der Waals surface area contributed by atoms with E-state index >= 15 is 0 Å². The molecule has 5 nitrogen and oxygen atoms in total. The Kier molecular flexibility index (Phi) is 5.92. The molecule has 1 aliphatic heterocycles. The van der Waals surface area contributed by atoms with E-state index in [0.717, 1.165) is 38.4 Å². The zero-order valence-corrected chi connectivity index (χ0v) is 13.8. The second kappa shape index (κ2) is 7.47. The van der Waals surface area contributed by atoms with Crippen molar-refractivity contribution in [2.45, 2.75) is 26.1 Å². The Morgan fingerprint density at radius 3 is 2.90 bits per heavy atom. The van der Waals surface area contributed by atoms with Crippen LogP contribution in [0.3, 0.4) is 0 Å². The molecule has 1 unspecified atom stereocenters. The Hall–Kier alpha value is -0.530. The number of aromatic nitrogens is 1. The average molecular weight is 298 g/mol. The van der Waals surface area contributed by atoms with E-state index in [0.29, 0.717) is 12.6 Å². The molecule has 1 saturated heterocycles. The molecule has 0 aliphatic carbocycles. The molecule has 1 atom stereocenters. The molecule has 1 aromatic heterocycles. The number of methoxy groups -OCH3 is 1. The lowest BCUT2D eigenvalue weighted by atomic mass is 10.2. The summed E-state index contributed by atoms with van der Waals surface area (Å²) in [5, 5.41) is 4.61. The Bertz CT molecular complexity index is 423. The lowest BCUT2D eigenvalue weighted by molar-refractivity contribution is 0.114. The summed E-state index contributed by atoms with van der Waals surface area (Å²) in [6.07, 6.45) is 0. The summed E-state index contributed by atoms with van der Waals surface area (Å²) in [5.74, 6) is 0.